The minimum Gasteiger partial charge on any atom is -0.353 e. The van der Waals surface area contributed by atoms with E-state index in [1.165, 1.54) is 31.4 Å². The van der Waals surface area contributed by atoms with E-state index in [0.717, 1.165) is 53.4 Å². The van der Waals surface area contributed by atoms with E-state index in [9.17, 15) is 9.18 Å². The maximum absolute atomic E-state index is 13.7. The Morgan fingerprint density at radius 1 is 1.19 bits per heavy atom. The predicted molar refractivity (Wildman–Crippen MR) is 121 cm³/mol. The fourth-order valence-corrected chi connectivity index (χ4v) is 5.80. The van der Waals surface area contributed by atoms with Gasteiger partial charge in [0, 0.05) is 19.1 Å². The van der Waals surface area contributed by atoms with Crippen LogP contribution in [0.5, 0.6) is 0 Å². The molecule has 0 unspecified atom stereocenters. The first-order chi connectivity index (χ1) is 15.1. The van der Waals surface area contributed by atoms with E-state index in [0.29, 0.717) is 18.3 Å². The number of halogens is 1. The standard InChI is InChI=1S/C23H28FN5OS/c1-15-20-21(29(27-15)19-11-5-8-17(24)13-19)26-23(31-20)28-12-6-7-16(14-28)22(30)25-18-9-3-2-4-10-18/h5,8,11,13,16,18H,2-4,6-7,9-10,12,14H2,1H3,(H,25,30)/t16-/m0/s1. The van der Waals surface area contributed by atoms with Gasteiger partial charge in [0.15, 0.2) is 10.8 Å². The van der Waals surface area contributed by atoms with Gasteiger partial charge in [0.1, 0.15) is 5.82 Å². The molecule has 1 saturated heterocycles. The highest BCUT2D eigenvalue weighted by atomic mass is 32.1. The number of carbonyl (C=O) groups is 1. The number of hydrogen-bond donors (Lipinski definition) is 1. The molecule has 1 atom stereocenters. The zero-order chi connectivity index (χ0) is 21.4. The average Bonchev–Trinajstić information content (AvgIpc) is 3.35. The van der Waals surface area contributed by atoms with Crippen molar-refractivity contribution in [2.75, 3.05) is 18.0 Å². The van der Waals surface area contributed by atoms with Crippen molar-refractivity contribution in [1.29, 1.82) is 0 Å². The molecule has 8 heteroatoms. The maximum Gasteiger partial charge on any atom is 0.225 e. The quantitative estimate of drug-likeness (QED) is 0.643. The van der Waals surface area contributed by atoms with Gasteiger partial charge in [-0.3, -0.25) is 4.79 Å². The number of anilines is 1. The Balaban J connectivity index is 1.35. The molecule has 5 rings (SSSR count). The Bertz CT molecular complexity index is 1090. The summed E-state index contributed by atoms with van der Waals surface area (Å²) in [6.07, 6.45) is 7.84. The number of hydrogen-bond acceptors (Lipinski definition) is 5. The summed E-state index contributed by atoms with van der Waals surface area (Å²) < 4.78 is 16.5. The lowest BCUT2D eigenvalue weighted by atomic mass is 9.93. The summed E-state index contributed by atoms with van der Waals surface area (Å²) >= 11 is 1.61. The first kappa shape index (κ1) is 20.4. The normalized spacial score (nSPS) is 20.3. The van der Waals surface area contributed by atoms with Gasteiger partial charge in [0.2, 0.25) is 5.91 Å². The van der Waals surface area contributed by atoms with E-state index in [2.05, 4.69) is 15.3 Å². The lowest BCUT2D eigenvalue weighted by Gasteiger charge is -2.33. The number of aryl methyl sites for hydroxylation is 1. The van der Waals surface area contributed by atoms with Crippen molar-refractivity contribution >= 4 is 32.7 Å². The van der Waals surface area contributed by atoms with Crippen LogP contribution in [0.25, 0.3) is 16.0 Å². The molecule has 1 aliphatic heterocycles. The molecule has 3 heterocycles. The number of amides is 1. The van der Waals surface area contributed by atoms with E-state index in [4.69, 9.17) is 4.98 Å². The number of piperidine rings is 1. The van der Waals surface area contributed by atoms with Gasteiger partial charge in [-0.1, -0.05) is 36.7 Å². The second kappa shape index (κ2) is 8.57. The fraction of sp³-hybridized carbons (Fsp3) is 0.522. The maximum atomic E-state index is 13.7. The molecule has 2 fully saturated rings. The van der Waals surface area contributed by atoms with Gasteiger partial charge in [-0.2, -0.15) is 10.1 Å². The Morgan fingerprint density at radius 2 is 2.03 bits per heavy atom. The molecule has 164 valence electrons. The van der Waals surface area contributed by atoms with Crippen molar-refractivity contribution in [3.05, 3.63) is 35.8 Å². The van der Waals surface area contributed by atoms with Crippen molar-refractivity contribution in [3.63, 3.8) is 0 Å². The molecule has 2 aromatic heterocycles. The molecule has 1 saturated carbocycles. The molecule has 1 amide bonds. The Hall–Kier alpha value is -2.48. The third-order valence-electron chi connectivity index (χ3n) is 6.44. The van der Waals surface area contributed by atoms with Gasteiger partial charge in [0.25, 0.3) is 0 Å². The van der Waals surface area contributed by atoms with Gasteiger partial charge in [-0.15, -0.1) is 0 Å². The minimum atomic E-state index is -0.294. The van der Waals surface area contributed by atoms with E-state index in [-0.39, 0.29) is 17.6 Å². The molecule has 1 aromatic carbocycles. The van der Waals surface area contributed by atoms with Gasteiger partial charge in [0.05, 0.1) is 22.0 Å². The van der Waals surface area contributed by atoms with Crippen LogP contribution in [0, 0.1) is 18.7 Å². The van der Waals surface area contributed by atoms with E-state index in [1.807, 2.05) is 13.0 Å². The molecule has 1 aliphatic carbocycles. The second-order valence-electron chi connectivity index (χ2n) is 8.75. The van der Waals surface area contributed by atoms with E-state index in [1.54, 1.807) is 22.1 Å². The minimum absolute atomic E-state index is 0.00324. The van der Waals surface area contributed by atoms with Crippen molar-refractivity contribution < 1.29 is 9.18 Å². The molecular weight excluding hydrogens is 413 g/mol. The molecule has 0 bridgehead atoms. The zero-order valence-corrected chi connectivity index (χ0v) is 18.6. The van der Waals surface area contributed by atoms with Crippen LogP contribution in [-0.2, 0) is 4.79 Å². The first-order valence-corrected chi connectivity index (χ1v) is 12.1. The van der Waals surface area contributed by atoms with Gasteiger partial charge in [-0.05, 0) is 50.8 Å². The third kappa shape index (κ3) is 4.18. The molecule has 3 aromatic rings. The van der Waals surface area contributed by atoms with Gasteiger partial charge in [-0.25, -0.2) is 9.07 Å². The third-order valence-corrected chi connectivity index (χ3v) is 7.66. The number of thiazole rings is 1. The van der Waals surface area contributed by atoms with Crippen LogP contribution >= 0.6 is 11.3 Å². The number of aromatic nitrogens is 3. The Labute approximate surface area is 185 Å². The van der Waals surface area contributed by atoms with Crippen molar-refractivity contribution in [1.82, 2.24) is 20.1 Å². The summed E-state index contributed by atoms with van der Waals surface area (Å²) in [6, 6.07) is 6.76. The summed E-state index contributed by atoms with van der Waals surface area (Å²) in [4.78, 5) is 20.0. The summed E-state index contributed by atoms with van der Waals surface area (Å²) in [5, 5.41) is 8.78. The number of nitrogens with zero attached hydrogens (tertiary/aromatic N) is 4. The largest absolute Gasteiger partial charge is 0.353 e. The fourth-order valence-electron chi connectivity index (χ4n) is 4.78. The topological polar surface area (TPSA) is 63.1 Å². The van der Waals surface area contributed by atoms with Crippen LogP contribution < -0.4 is 10.2 Å². The van der Waals surface area contributed by atoms with Crippen molar-refractivity contribution in [2.24, 2.45) is 5.92 Å². The van der Waals surface area contributed by atoms with Crippen molar-refractivity contribution in [2.45, 2.75) is 57.9 Å². The molecule has 0 spiro atoms. The SMILES string of the molecule is Cc1nn(-c2cccc(F)c2)c2nc(N3CCC[C@H](C(=O)NC4CCCCC4)C3)sc12. The zero-order valence-electron chi connectivity index (χ0n) is 17.8. The average molecular weight is 442 g/mol. The Kier molecular flexibility index (Phi) is 5.65. The summed E-state index contributed by atoms with van der Waals surface area (Å²) in [7, 11) is 0. The van der Waals surface area contributed by atoms with Gasteiger partial charge >= 0.3 is 0 Å². The van der Waals surface area contributed by atoms with Crippen LogP contribution in [0.15, 0.2) is 24.3 Å². The summed E-state index contributed by atoms with van der Waals surface area (Å²) in [6.45, 7) is 3.55. The van der Waals surface area contributed by atoms with Crippen molar-refractivity contribution in [3.8, 4) is 5.69 Å². The molecule has 6 nitrogen and oxygen atoms in total. The monoisotopic (exact) mass is 441 g/mol. The molecule has 1 N–H and O–H groups in total. The highest BCUT2D eigenvalue weighted by Gasteiger charge is 2.29. The van der Waals surface area contributed by atoms with E-state index < -0.39 is 0 Å². The second-order valence-corrected chi connectivity index (χ2v) is 9.73. The number of rotatable bonds is 4. The van der Waals surface area contributed by atoms with Crippen LogP contribution in [0.4, 0.5) is 9.52 Å². The predicted octanol–water partition coefficient (Wildman–Crippen LogP) is 4.59. The molecular formula is C23H28FN5OS. The number of carbonyl (C=O) groups excluding carboxylic acids is 1. The first-order valence-electron chi connectivity index (χ1n) is 11.3. The molecule has 31 heavy (non-hydrogen) atoms. The van der Waals surface area contributed by atoms with Crippen LogP contribution in [0.1, 0.15) is 50.6 Å². The molecule has 0 radical (unpaired) electrons. The number of benzene rings is 1. The van der Waals surface area contributed by atoms with Crippen LogP contribution in [0.2, 0.25) is 0 Å². The van der Waals surface area contributed by atoms with E-state index >= 15 is 0 Å². The summed E-state index contributed by atoms with van der Waals surface area (Å²) in [5.74, 6) is -0.0968. The Morgan fingerprint density at radius 3 is 2.84 bits per heavy atom. The van der Waals surface area contributed by atoms with Gasteiger partial charge < -0.3 is 10.2 Å². The lowest BCUT2D eigenvalue weighted by molar-refractivity contribution is -0.126. The highest BCUT2D eigenvalue weighted by molar-refractivity contribution is 7.22. The number of nitrogens with one attached hydrogen (secondary N) is 1. The lowest BCUT2D eigenvalue weighted by Crippen LogP contribution is -2.46. The van der Waals surface area contributed by atoms with Crippen LogP contribution in [-0.4, -0.2) is 39.8 Å². The number of fused-ring (bicyclic) bond motifs is 1. The summed E-state index contributed by atoms with van der Waals surface area (Å²) in [5.41, 5.74) is 2.29. The highest BCUT2D eigenvalue weighted by Crippen LogP contribution is 2.34. The molecule has 2 aliphatic rings. The van der Waals surface area contributed by atoms with Crippen LogP contribution in [0.3, 0.4) is 0 Å². The smallest absolute Gasteiger partial charge is 0.225 e.